The molecule has 7 atom stereocenters. The van der Waals surface area contributed by atoms with Gasteiger partial charge in [-0.3, -0.25) is 9.59 Å². The summed E-state index contributed by atoms with van der Waals surface area (Å²) in [7, 11) is 0. The molecule has 142 valence electrons. The van der Waals surface area contributed by atoms with Gasteiger partial charge in [0.15, 0.2) is 0 Å². The van der Waals surface area contributed by atoms with Crippen molar-refractivity contribution >= 4 is 11.9 Å². The molecule has 0 heterocycles. The first kappa shape index (κ1) is 18.7. The van der Waals surface area contributed by atoms with Crippen LogP contribution in [0.2, 0.25) is 0 Å². The van der Waals surface area contributed by atoms with E-state index in [2.05, 4.69) is 27.7 Å². The quantitative estimate of drug-likeness (QED) is 0.757. The minimum atomic E-state index is -0.943. The Morgan fingerprint density at radius 3 is 2.28 bits per heavy atom. The van der Waals surface area contributed by atoms with Crippen molar-refractivity contribution in [2.75, 3.05) is 0 Å². The molecule has 2 bridgehead atoms. The normalized spacial score (nSPS) is 44.0. The summed E-state index contributed by atoms with van der Waals surface area (Å²) in [5, 5.41) is 9.19. The molecule has 1 spiro atoms. The number of aliphatic carboxylic acids is 1. The fourth-order valence-electron chi connectivity index (χ4n) is 6.72. The average molecular weight is 350 g/mol. The molecule has 4 nitrogen and oxygen atoms in total. The summed E-state index contributed by atoms with van der Waals surface area (Å²) in [6.07, 6.45) is 5.80. The second-order valence-electron chi connectivity index (χ2n) is 9.99. The van der Waals surface area contributed by atoms with Gasteiger partial charge in [-0.1, -0.05) is 34.6 Å². The van der Waals surface area contributed by atoms with Crippen molar-refractivity contribution in [1.82, 2.24) is 0 Å². The third-order valence-corrected chi connectivity index (χ3v) is 8.61. The van der Waals surface area contributed by atoms with E-state index in [4.69, 9.17) is 4.74 Å². The van der Waals surface area contributed by atoms with E-state index in [1.165, 1.54) is 12.8 Å². The van der Waals surface area contributed by atoms with Crippen molar-refractivity contribution in [3.63, 3.8) is 0 Å². The van der Waals surface area contributed by atoms with E-state index < -0.39 is 23.4 Å². The first-order valence-electron chi connectivity index (χ1n) is 9.91. The summed E-state index contributed by atoms with van der Waals surface area (Å²) >= 11 is 0. The molecule has 3 aliphatic rings. The van der Waals surface area contributed by atoms with E-state index in [9.17, 15) is 14.7 Å². The average Bonchev–Trinajstić information content (AvgIpc) is 2.95. The maximum absolute atomic E-state index is 12.7. The molecule has 3 aliphatic carbocycles. The third kappa shape index (κ3) is 2.54. The molecule has 3 fully saturated rings. The summed E-state index contributed by atoms with van der Waals surface area (Å²) in [6.45, 7) is 12.5. The number of carboxylic acids is 1. The van der Waals surface area contributed by atoms with E-state index in [1.807, 2.05) is 0 Å². The number of carboxylic acid groups (broad SMARTS) is 1. The summed E-state index contributed by atoms with van der Waals surface area (Å²) in [6, 6.07) is 0. The SMILES string of the molecule is CC(C(=O)O)C(C)C(=O)O[C@]1(C)CC[C@@]23C[C@@H]1C(C)(C)C2CCC3C. The molecule has 0 aromatic rings. The lowest BCUT2D eigenvalue weighted by molar-refractivity contribution is -0.181. The number of carbonyl (C=O) groups is 2. The van der Waals surface area contributed by atoms with E-state index in [0.29, 0.717) is 11.3 Å². The monoisotopic (exact) mass is 350 g/mol. The van der Waals surface area contributed by atoms with Crippen LogP contribution in [0.15, 0.2) is 0 Å². The number of fused-ring (bicyclic) bond motifs is 1. The Kier molecular flexibility index (Phi) is 4.28. The smallest absolute Gasteiger partial charge is 0.310 e. The first-order valence-corrected chi connectivity index (χ1v) is 9.91. The zero-order chi connectivity index (χ0) is 18.8. The molecule has 4 unspecified atom stereocenters. The van der Waals surface area contributed by atoms with E-state index in [1.54, 1.807) is 13.8 Å². The molecule has 3 saturated carbocycles. The van der Waals surface area contributed by atoms with Gasteiger partial charge in [-0.25, -0.2) is 0 Å². The van der Waals surface area contributed by atoms with Gasteiger partial charge in [0.25, 0.3) is 0 Å². The number of esters is 1. The van der Waals surface area contributed by atoms with E-state index >= 15 is 0 Å². The van der Waals surface area contributed by atoms with Crippen LogP contribution in [0.25, 0.3) is 0 Å². The van der Waals surface area contributed by atoms with Crippen molar-refractivity contribution in [2.24, 2.45) is 40.4 Å². The zero-order valence-electron chi connectivity index (χ0n) is 16.6. The zero-order valence-corrected chi connectivity index (χ0v) is 16.6. The highest BCUT2D eigenvalue weighted by Gasteiger charge is 2.69. The number of hydrogen-bond donors (Lipinski definition) is 1. The topological polar surface area (TPSA) is 63.6 Å². The molecule has 0 aromatic carbocycles. The second kappa shape index (κ2) is 5.72. The van der Waals surface area contributed by atoms with Gasteiger partial charge in [0.05, 0.1) is 11.8 Å². The lowest BCUT2D eigenvalue weighted by atomic mass is 9.64. The Labute approximate surface area is 151 Å². The van der Waals surface area contributed by atoms with E-state index in [0.717, 1.165) is 31.1 Å². The molecule has 0 aliphatic heterocycles. The summed E-state index contributed by atoms with van der Waals surface area (Å²) in [4.78, 5) is 23.9. The van der Waals surface area contributed by atoms with Crippen LogP contribution in [0, 0.1) is 40.4 Å². The van der Waals surface area contributed by atoms with Crippen LogP contribution < -0.4 is 0 Å². The highest BCUT2D eigenvalue weighted by atomic mass is 16.6. The van der Waals surface area contributed by atoms with Gasteiger partial charge >= 0.3 is 11.9 Å². The van der Waals surface area contributed by atoms with Gasteiger partial charge in [0.2, 0.25) is 0 Å². The van der Waals surface area contributed by atoms with Crippen LogP contribution in [-0.2, 0) is 14.3 Å². The predicted octanol–water partition coefficient (Wildman–Crippen LogP) is 4.52. The number of ether oxygens (including phenoxy) is 1. The summed E-state index contributed by atoms with van der Waals surface area (Å²) in [5.41, 5.74) is 0.125. The Bertz CT molecular complexity index is 582. The molecule has 1 N–H and O–H groups in total. The second-order valence-corrected chi connectivity index (χ2v) is 9.99. The largest absolute Gasteiger partial charge is 0.481 e. The molecule has 0 aromatic heterocycles. The van der Waals surface area contributed by atoms with Crippen molar-refractivity contribution < 1.29 is 19.4 Å². The maximum Gasteiger partial charge on any atom is 0.310 e. The Morgan fingerprint density at radius 1 is 1.04 bits per heavy atom. The molecule has 25 heavy (non-hydrogen) atoms. The molecule has 0 amide bonds. The number of hydrogen-bond acceptors (Lipinski definition) is 3. The predicted molar refractivity (Wildman–Crippen MR) is 95.9 cm³/mol. The lowest BCUT2D eigenvalue weighted by Gasteiger charge is -2.47. The highest BCUT2D eigenvalue weighted by molar-refractivity contribution is 5.80. The van der Waals surface area contributed by atoms with Crippen molar-refractivity contribution in [3.05, 3.63) is 0 Å². The van der Waals surface area contributed by atoms with Crippen molar-refractivity contribution in [1.29, 1.82) is 0 Å². The third-order valence-electron chi connectivity index (χ3n) is 8.61. The van der Waals surface area contributed by atoms with Crippen LogP contribution in [0.5, 0.6) is 0 Å². The minimum Gasteiger partial charge on any atom is -0.481 e. The number of rotatable bonds is 4. The molecule has 3 rings (SSSR count). The van der Waals surface area contributed by atoms with Crippen molar-refractivity contribution in [2.45, 2.75) is 79.2 Å². The van der Waals surface area contributed by atoms with Gasteiger partial charge in [-0.05, 0) is 61.7 Å². The Hall–Kier alpha value is -1.06. The minimum absolute atomic E-state index is 0.165. The first-order chi connectivity index (χ1) is 11.5. The van der Waals surface area contributed by atoms with Crippen molar-refractivity contribution in [3.8, 4) is 0 Å². The van der Waals surface area contributed by atoms with E-state index in [-0.39, 0.29) is 11.4 Å². The van der Waals surface area contributed by atoms with Crippen LogP contribution >= 0.6 is 0 Å². The molecule has 0 radical (unpaired) electrons. The van der Waals surface area contributed by atoms with Gasteiger partial charge in [-0.2, -0.15) is 0 Å². The molecular weight excluding hydrogens is 316 g/mol. The van der Waals surface area contributed by atoms with Gasteiger partial charge in [0.1, 0.15) is 5.60 Å². The molecule has 0 saturated heterocycles. The van der Waals surface area contributed by atoms with Crippen LogP contribution in [0.4, 0.5) is 0 Å². The van der Waals surface area contributed by atoms with Crippen LogP contribution in [0.3, 0.4) is 0 Å². The summed E-state index contributed by atoms with van der Waals surface area (Å²) < 4.78 is 6.07. The molecular formula is C21H34O4. The fourth-order valence-corrected chi connectivity index (χ4v) is 6.72. The standard InChI is InChI=1S/C21H34O4/c1-12-7-8-15-19(4,5)16-11-21(12,15)10-9-20(16,6)25-18(24)14(3)13(2)17(22)23/h12-16H,7-11H2,1-6H3,(H,22,23)/t12?,13?,14?,15?,16-,20-,21+/m1/s1. The Balaban J connectivity index is 1.82. The fraction of sp³-hybridized carbons (Fsp3) is 0.905. The maximum atomic E-state index is 12.7. The van der Waals surface area contributed by atoms with Crippen LogP contribution in [0.1, 0.15) is 73.6 Å². The van der Waals surface area contributed by atoms with Gasteiger partial charge < -0.3 is 9.84 Å². The van der Waals surface area contributed by atoms with Gasteiger partial charge in [0, 0.05) is 5.92 Å². The van der Waals surface area contributed by atoms with Gasteiger partial charge in [-0.15, -0.1) is 0 Å². The molecule has 4 heteroatoms. The summed E-state index contributed by atoms with van der Waals surface area (Å²) in [5.74, 6) is -0.798. The van der Waals surface area contributed by atoms with Crippen LogP contribution in [-0.4, -0.2) is 22.6 Å². The number of carbonyl (C=O) groups excluding carboxylic acids is 1. The highest BCUT2D eigenvalue weighted by Crippen LogP contribution is 2.73. The Morgan fingerprint density at radius 2 is 1.68 bits per heavy atom. The lowest BCUT2D eigenvalue weighted by Crippen LogP contribution is -2.48.